The second kappa shape index (κ2) is 4.86. The van der Waals surface area contributed by atoms with Crippen molar-refractivity contribution in [2.24, 2.45) is 5.92 Å². The standard InChI is InChI=1S/C12H19N3O3S/c16-8-9-1-2-11-13-12(14-15(11)7-9)10-3-5-19(17,18)6-4-10/h9-10,16H,1-8H2. The number of aromatic nitrogens is 3. The minimum absolute atomic E-state index is 0.175. The van der Waals surface area contributed by atoms with E-state index in [9.17, 15) is 13.5 Å². The first-order chi connectivity index (χ1) is 9.07. The Bertz CT molecular complexity index is 553. The van der Waals surface area contributed by atoms with Crippen molar-refractivity contribution in [3.63, 3.8) is 0 Å². The Morgan fingerprint density at radius 3 is 2.68 bits per heavy atom. The summed E-state index contributed by atoms with van der Waals surface area (Å²) in [5.74, 6) is 2.72. The molecule has 0 aromatic carbocycles. The highest BCUT2D eigenvalue weighted by atomic mass is 32.2. The van der Waals surface area contributed by atoms with E-state index in [4.69, 9.17) is 0 Å². The molecule has 3 rings (SSSR count). The Kier molecular flexibility index (Phi) is 3.34. The van der Waals surface area contributed by atoms with Crippen molar-refractivity contribution in [1.82, 2.24) is 14.8 Å². The molecule has 2 aliphatic heterocycles. The second-order valence-corrected chi connectivity index (χ2v) is 7.89. The molecule has 0 bridgehead atoms. The monoisotopic (exact) mass is 285 g/mol. The molecule has 7 heteroatoms. The first-order valence-corrected chi connectivity index (χ1v) is 8.64. The fourth-order valence-electron chi connectivity index (χ4n) is 2.86. The van der Waals surface area contributed by atoms with Crippen molar-refractivity contribution in [3.8, 4) is 0 Å². The maximum absolute atomic E-state index is 11.4. The Morgan fingerprint density at radius 2 is 2.00 bits per heavy atom. The third-order valence-electron chi connectivity index (χ3n) is 4.15. The molecule has 1 atom stereocenters. The molecule has 19 heavy (non-hydrogen) atoms. The normalized spacial score (nSPS) is 27.1. The van der Waals surface area contributed by atoms with Gasteiger partial charge in [0.1, 0.15) is 15.7 Å². The van der Waals surface area contributed by atoms with Crippen molar-refractivity contribution in [3.05, 3.63) is 11.6 Å². The number of rotatable bonds is 2. The minimum atomic E-state index is -2.83. The molecular weight excluding hydrogens is 266 g/mol. The molecule has 0 radical (unpaired) electrons. The van der Waals surface area contributed by atoms with Gasteiger partial charge in [0.15, 0.2) is 5.82 Å². The van der Waals surface area contributed by atoms with Gasteiger partial charge >= 0.3 is 0 Å². The van der Waals surface area contributed by atoms with Crippen LogP contribution in [0.15, 0.2) is 0 Å². The highest BCUT2D eigenvalue weighted by Crippen LogP contribution is 2.28. The van der Waals surface area contributed by atoms with Gasteiger partial charge in [-0.05, 0) is 19.3 Å². The number of nitrogens with zero attached hydrogens (tertiary/aromatic N) is 3. The fourth-order valence-corrected chi connectivity index (χ4v) is 4.36. The van der Waals surface area contributed by atoms with Crippen molar-refractivity contribution in [2.75, 3.05) is 18.1 Å². The summed E-state index contributed by atoms with van der Waals surface area (Å²) in [7, 11) is -2.83. The number of aryl methyl sites for hydroxylation is 1. The molecule has 0 saturated carbocycles. The van der Waals surface area contributed by atoms with E-state index in [1.807, 2.05) is 4.68 Å². The van der Waals surface area contributed by atoms with Crippen molar-refractivity contribution < 1.29 is 13.5 Å². The number of fused-ring (bicyclic) bond motifs is 1. The van der Waals surface area contributed by atoms with Gasteiger partial charge in [-0.15, -0.1) is 0 Å². The molecule has 1 aromatic rings. The second-order valence-electron chi connectivity index (χ2n) is 5.58. The average molecular weight is 285 g/mol. The van der Waals surface area contributed by atoms with Crippen LogP contribution in [0.2, 0.25) is 0 Å². The van der Waals surface area contributed by atoms with E-state index in [0.29, 0.717) is 12.8 Å². The quantitative estimate of drug-likeness (QED) is 0.834. The summed E-state index contributed by atoms with van der Waals surface area (Å²) in [6, 6.07) is 0. The third kappa shape index (κ3) is 2.67. The van der Waals surface area contributed by atoms with Crippen LogP contribution in [0.3, 0.4) is 0 Å². The molecule has 6 nitrogen and oxygen atoms in total. The summed E-state index contributed by atoms with van der Waals surface area (Å²) in [6.45, 7) is 0.917. The topological polar surface area (TPSA) is 85.1 Å². The number of aliphatic hydroxyl groups excluding tert-OH is 1. The highest BCUT2D eigenvalue weighted by Gasteiger charge is 2.29. The predicted octanol–water partition coefficient (Wildman–Crippen LogP) is 0.125. The van der Waals surface area contributed by atoms with Gasteiger partial charge in [0.25, 0.3) is 0 Å². The van der Waals surface area contributed by atoms with Crippen LogP contribution in [-0.2, 0) is 22.8 Å². The number of hydrogen-bond donors (Lipinski definition) is 1. The van der Waals surface area contributed by atoms with Gasteiger partial charge in [-0.3, -0.25) is 0 Å². The summed E-state index contributed by atoms with van der Waals surface area (Å²) < 4.78 is 24.8. The number of hydrogen-bond acceptors (Lipinski definition) is 5. The summed E-state index contributed by atoms with van der Waals surface area (Å²) >= 11 is 0. The van der Waals surface area contributed by atoms with Gasteiger partial charge in [0, 0.05) is 31.4 Å². The Balaban J connectivity index is 1.75. The average Bonchev–Trinajstić information content (AvgIpc) is 2.81. The number of sulfone groups is 1. The zero-order valence-electron chi connectivity index (χ0n) is 10.8. The fraction of sp³-hybridized carbons (Fsp3) is 0.833. The van der Waals surface area contributed by atoms with Crippen LogP contribution in [0.25, 0.3) is 0 Å². The third-order valence-corrected chi connectivity index (χ3v) is 5.87. The molecule has 1 fully saturated rings. The lowest BCUT2D eigenvalue weighted by Gasteiger charge is -2.20. The molecular formula is C12H19N3O3S. The predicted molar refractivity (Wildman–Crippen MR) is 69.5 cm³/mol. The molecule has 0 aliphatic carbocycles. The Morgan fingerprint density at radius 1 is 1.26 bits per heavy atom. The van der Waals surface area contributed by atoms with Crippen LogP contribution in [-0.4, -0.2) is 46.4 Å². The Labute approximate surface area is 112 Å². The van der Waals surface area contributed by atoms with Crippen molar-refractivity contribution >= 4 is 9.84 Å². The molecule has 3 heterocycles. The smallest absolute Gasteiger partial charge is 0.154 e. The lowest BCUT2D eigenvalue weighted by Crippen LogP contribution is -2.24. The molecule has 1 unspecified atom stereocenters. The van der Waals surface area contributed by atoms with Crippen LogP contribution in [0.1, 0.15) is 36.8 Å². The molecule has 2 aliphatic rings. The van der Waals surface area contributed by atoms with Gasteiger partial charge in [0.2, 0.25) is 0 Å². The van der Waals surface area contributed by atoms with E-state index in [2.05, 4.69) is 10.1 Å². The van der Waals surface area contributed by atoms with Crippen LogP contribution in [0, 0.1) is 5.92 Å². The Hall–Kier alpha value is -0.950. The lowest BCUT2D eigenvalue weighted by molar-refractivity contribution is 0.185. The molecule has 0 spiro atoms. The van der Waals surface area contributed by atoms with Gasteiger partial charge in [-0.25, -0.2) is 18.1 Å². The van der Waals surface area contributed by atoms with Crippen LogP contribution < -0.4 is 0 Å². The lowest BCUT2D eigenvalue weighted by atomic mass is 10.0. The van der Waals surface area contributed by atoms with E-state index in [-0.39, 0.29) is 29.9 Å². The van der Waals surface area contributed by atoms with Crippen molar-refractivity contribution in [2.45, 2.75) is 38.1 Å². The van der Waals surface area contributed by atoms with Gasteiger partial charge in [-0.1, -0.05) is 0 Å². The van der Waals surface area contributed by atoms with Crippen molar-refractivity contribution in [1.29, 1.82) is 0 Å². The molecule has 1 N–H and O–H groups in total. The summed E-state index contributed by atoms with van der Waals surface area (Å²) in [4.78, 5) is 4.57. The van der Waals surface area contributed by atoms with E-state index in [0.717, 1.165) is 31.0 Å². The van der Waals surface area contributed by atoms with E-state index in [1.54, 1.807) is 0 Å². The highest BCUT2D eigenvalue weighted by molar-refractivity contribution is 7.91. The zero-order chi connectivity index (χ0) is 13.5. The van der Waals surface area contributed by atoms with Gasteiger partial charge in [-0.2, -0.15) is 5.10 Å². The summed E-state index contributed by atoms with van der Waals surface area (Å²) in [5, 5.41) is 13.7. The van der Waals surface area contributed by atoms with E-state index < -0.39 is 9.84 Å². The zero-order valence-corrected chi connectivity index (χ0v) is 11.6. The molecule has 106 valence electrons. The molecule has 1 saturated heterocycles. The SMILES string of the molecule is O=S1(=O)CCC(c2nc3n(n2)CC(CO)CC3)CC1. The first kappa shape index (κ1) is 13.1. The molecule has 1 aromatic heterocycles. The largest absolute Gasteiger partial charge is 0.396 e. The van der Waals surface area contributed by atoms with Crippen LogP contribution in [0.4, 0.5) is 0 Å². The minimum Gasteiger partial charge on any atom is -0.396 e. The molecule has 0 amide bonds. The summed E-state index contributed by atoms with van der Waals surface area (Å²) in [6.07, 6.45) is 3.07. The van der Waals surface area contributed by atoms with Gasteiger partial charge in [0.05, 0.1) is 11.5 Å². The van der Waals surface area contributed by atoms with Crippen LogP contribution in [0.5, 0.6) is 0 Å². The number of aliphatic hydroxyl groups is 1. The van der Waals surface area contributed by atoms with E-state index >= 15 is 0 Å². The summed E-state index contributed by atoms with van der Waals surface area (Å²) in [5.41, 5.74) is 0. The first-order valence-electron chi connectivity index (χ1n) is 6.82. The maximum atomic E-state index is 11.4. The van der Waals surface area contributed by atoms with Crippen LogP contribution >= 0.6 is 0 Å². The van der Waals surface area contributed by atoms with Gasteiger partial charge < -0.3 is 5.11 Å². The van der Waals surface area contributed by atoms with E-state index in [1.165, 1.54) is 0 Å². The maximum Gasteiger partial charge on any atom is 0.154 e.